The van der Waals surface area contributed by atoms with Crippen LogP contribution in [0.3, 0.4) is 0 Å². The molecule has 0 fully saturated rings. The molecule has 0 saturated heterocycles. The van der Waals surface area contributed by atoms with Crippen LogP contribution >= 0.6 is 15.9 Å². The molecule has 1 N–H and O–H groups in total. The zero-order valence-electron chi connectivity index (χ0n) is 13.8. The third-order valence-electron chi connectivity index (χ3n) is 4.37. The van der Waals surface area contributed by atoms with Gasteiger partial charge in [-0.25, -0.2) is 4.39 Å². The number of carbonyl (C=O) groups excluding carboxylic acids is 1. The van der Waals surface area contributed by atoms with Gasteiger partial charge in [0.25, 0.3) is 0 Å². The first kappa shape index (κ1) is 17.7. The van der Waals surface area contributed by atoms with Crippen LogP contribution in [0.1, 0.15) is 20.7 Å². The van der Waals surface area contributed by atoms with Crippen LogP contribution in [-0.2, 0) is 0 Å². The van der Waals surface area contributed by atoms with Crippen LogP contribution in [0.25, 0.3) is 21.9 Å². The van der Waals surface area contributed by atoms with E-state index >= 15 is 0 Å². The van der Waals surface area contributed by atoms with Gasteiger partial charge >= 0.3 is 6.01 Å². The molecule has 2 heterocycles. The van der Waals surface area contributed by atoms with Crippen molar-refractivity contribution in [3.8, 4) is 5.75 Å². The van der Waals surface area contributed by atoms with Crippen molar-refractivity contribution in [1.29, 1.82) is 0 Å². The summed E-state index contributed by atoms with van der Waals surface area (Å²) in [6.07, 6.45) is 1.42. The number of aromatic amines is 1. The maximum atomic E-state index is 14.0. The summed E-state index contributed by atoms with van der Waals surface area (Å²) in [4.78, 5) is 15.0. The number of aromatic nitrogens is 1. The fourth-order valence-corrected chi connectivity index (χ4v) is 3.72. The lowest BCUT2D eigenvalue weighted by Crippen LogP contribution is -2.08. The molecule has 0 aliphatic rings. The summed E-state index contributed by atoms with van der Waals surface area (Å²) in [6.45, 7) is 0. The number of halogens is 4. The summed E-state index contributed by atoms with van der Waals surface area (Å²) in [5.74, 6) is -1.74. The van der Waals surface area contributed by atoms with Crippen molar-refractivity contribution in [2.75, 3.05) is 7.11 Å². The minimum Gasteiger partial charge on any atom is -0.496 e. The standard InChI is InChI=1S/C19H11BrF3NO3/c1-26-13-6-8(21)2-3-10(13)15(20)18(25)11-7-24-17-9(11)4-5-12-14(17)16(22)19(23)27-12/h2-7,15,24H,1H3. The van der Waals surface area contributed by atoms with Crippen LogP contribution in [0.2, 0.25) is 0 Å². The normalized spacial score (nSPS) is 12.6. The first-order valence-corrected chi connectivity index (χ1v) is 8.73. The Labute approximate surface area is 159 Å². The number of fused-ring (bicyclic) bond motifs is 3. The van der Waals surface area contributed by atoms with Crippen LogP contribution < -0.4 is 4.74 Å². The van der Waals surface area contributed by atoms with Crippen molar-refractivity contribution < 1.29 is 27.1 Å². The van der Waals surface area contributed by atoms with Crippen LogP contribution in [0, 0.1) is 17.6 Å². The van der Waals surface area contributed by atoms with Gasteiger partial charge in [-0.1, -0.05) is 22.0 Å². The molecule has 4 rings (SSSR count). The summed E-state index contributed by atoms with van der Waals surface area (Å²) in [5, 5.41) is 0.354. The Balaban J connectivity index is 1.82. The van der Waals surface area contributed by atoms with Gasteiger partial charge in [-0.2, -0.15) is 8.78 Å². The van der Waals surface area contributed by atoms with Crippen LogP contribution in [0.4, 0.5) is 13.2 Å². The summed E-state index contributed by atoms with van der Waals surface area (Å²) in [5.41, 5.74) is 1.00. The number of hydrogen-bond donors (Lipinski definition) is 1. The second-order valence-electron chi connectivity index (χ2n) is 5.87. The SMILES string of the molecule is COc1cc(F)ccc1C(Br)C(=O)c1c[nH]c2c1ccc1oc(F)c(F)c12. The van der Waals surface area contributed by atoms with Gasteiger partial charge in [-0.15, -0.1) is 0 Å². The molecule has 2 aromatic heterocycles. The molecule has 1 unspecified atom stereocenters. The quantitative estimate of drug-likeness (QED) is 0.331. The van der Waals surface area contributed by atoms with E-state index in [2.05, 4.69) is 20.9 Å². The molecular weight excluding hydrogens is 427 g/mol. The molecule has 4 aromatic rings. The molecule has 2 aromatic carbocycles. The molecule has 0 bridgehead atoms. The minimum atomic E-state index is -1.31. The van der Waals surface area contributed by atoms with Crippen molar-refractivity contribution in [2.24, 2.45) is 0 Å². The highest BCUT2D eigenvalue weighted by atomic mass is 79.9. The average Bonchev–Trinajstić information content (AvgIpc) is 3.21. The van der Waals surface area contributed by atoms with E-state index in [-0.39, 0.29) is 33.6 Å². The molecule has 1 atom stereocenters. The fraction of sp³-hybridized carbons (Fsp3) is 0.105. The minimum absolute atomic E-state index is 0.0361. The van der Waals surface area contributed by atoms with Gasteiger partial charge in [0, 0.05) is 28.8 Å². The third kappa shape index (κ3) is 2.71. The van der Waals surface area contributed by atoms with Crippen molar-refractivity contribution in [1.82, 2.24) is 4.98 Å². The van der Waals surface area contributed by atoms with Crippen molar-refractivity contribution in [3.63, 3.8) is 0 Å². The molecule has 138 valence electrons. The lowest BCUT2D eigenvalue weighted by Gasteiger charge is -2.13. The zero-order valence-corrected chi connectivity index (χ0v) is 15.4. The van der Waals surface area contributed by atoms with Gasteiger partial charge in [0.2, 0.25) is 5.82 Å². The Bertz CT molecular complexity index is 1200. The van der Waals surface area contributed by atoms with Crippen molar-refractivity contribution in [2.45, 2.75) is 4.83 Å². The number of carbonyl (C=O) groups is 1. The Morgan fingerprint density at radius 2 is 2.00 bits per heavy atom. The Hall–Kier alpha value is -2.74. The second kappa shape index (κ2) is 6.45. The number of methoxy groups -OCH3 is 1. The number of hydrogen-bond acceptors (Lipinski definition) is 3. The third-order valence-corrected chi connectivity index (χ3v) is 5.28. The van der Waals surface area contributed by atoms with E-state index in [1.165, 1.54) is 37.6 Å². The van der Waals surface area contributed by atoms with Crippen LogP contribution in [0.5, 0.6) is 5.75 Å². The molecule has 0 aliphatic heterocycles. The number of benzene rings is 2. The average molecular weight is 438 g/mol. The van der Waals surface area contributed by atoms with Crippen molar-refractivity contribution in [3.05, 3.63) is 65.3 Å². The van der Waals surface area contributed by atoms with E-state index in [1.54, 1.807) is 6.07 Å². The van der Waals surface area contributed by atoms with E-state index < -0.39 is 22.5 Å². The van der Waals surface area contributed by atoms with E-state index in [1.807, 2.05) is 0 Å². The number of Topliss-reactive ketones (excluding diaryl/α,β-unsaturated/α-hetero) is 1. The topological polar surface area (TPSA) is 55.2 Å². The van der Waals surface area contributed by atoms with Crippen LogP contribution in [-0.4, -0.2) is 17.9 Å². The molecule has 0 radical (unpaired) electrons. The molecular formula is C19H11BrF3NO3. The number of nitrogens with one attached hydrogen (secondary N) is 1. The van der Waals surface area contributed by atoms with Crippen LogP contribution in [0.15, 0.2) is 40.9 Å². The molecule has 27 heavy (non-hydrogen) atoms. The number of alkyl halides is 1. The zero-order chi connectivity index (χ0) is 19.3. The van der Waals surface area contributed by atoms with Gasteiger partial charge in [-0.3, -0.25) is 4.79 Å². The molecule has 0 saturated carbocycles. The second-order valence-corrected chi connectivity index (χ2v) is 6.78. The molecule has 0 amide bonds. The van der Waals surface area contributed by atoms with Gasteiger partial charge in [0.05, 0.1) is 18.0 Å². The first-order valence-electron chi connectivity index (χ1n) is 7.81. The number of furan rings is 1. The molecule has 8 heteroatoms. The predicted octanol–water partition coefficient (Wildman–Crippen LogP) is 5.66. The van der Waals surface area contributed by atoms with E-state index in [9.17, 15) is 18.0 Å². The van der Waals surface area contributed by atoms with E-state index in [0.29, 0.717) is 10.9 Å². The number of rotatable bonds is 4. The maximum absolute atomic E-state index is 14.0. The lowest BCUT2D eigenvalue weighted by molar-refractivity contribution is 0.0992. The summed E-state index contributed by atoms with van der Waals surface area (Å²) in [7, 11) is 1.38. The molecule has 0 spiro atoms. The highest BCUT2D eigenvalue weighted by Crippen LogP contribution is 2.37. The summed E-state index contributed by atoms with van der Waals surface area (Å²) >= 11 is 3.32. The smallest absolute Gasteiger partial charge is 0.315 e. The lowest BCUT2D eigenvalue weighted by atomic mass is 10.0. The van der Waals surface area contributed by atoms with Gasteiger partial charge in [0.1, 0.15) is 22.0 Å². The summed E-state index contributed by atoms with van der Waals surface area (Å²) in [6, 6.07) is 5.49. The Morgan fingerprint density at radius 3 is 2.74 bits per heavy atom. The predicted molar refractivity (Wildman–Crippen MR) is 96.9 cm³/mol. The highest BCUT2D eigenvalue weighted by molar-refractivity contribution is 9.09. The fourth-order valence-electron chi connectivity index (χ4n) is 3.10. The number of ketones is 1. The largest absolute Gasteiger partial charge is 0.496 e. The molecule has 4 nitrogen and oxygen atoms in total. The highest BCUT2D eigenvalue weighted by Gasteiger charge is 2.26. The Kier molecular flexibility index (Phi) is 4.22. The van der Waals surface area contributed by atoms with E-state index in [4.69, 9.17) is 9.15 Å². The maximum Gasteiger partial charge on any atom is 0.315 e. The number of ether oxygens (including phenoxy) is 1. The van der Waals surface area contributed by atoms with Gasteiger partial charge < -0.3 is 14.1 Å². The van der Waals surface area contributed by atoms with E-state index in [0.717, 1.165) is 0 Å². The monoisotopic (exact) mass is 437 g/mol. The van der Waals surface area contributed by atoms with Crippen molar-refractivity contribution >= 4 is 43.6 Å². The van der Waals surface area contributed by atoms with Gasteiger partial charge in [0.15, 0.2) is 5.78 Å². The first-order chi connectivity index (χ1) is 12.9. The summed E-state index contributed by atoms with van der Waals surface area (Å²) < 4.78 is 50.7. The number of H-pyrrole nitrogens is 1. The van der Waals surface area contributed by atoms with Gasteiger partial charge in [-0.05, 0) is 18.2 Å². The Morgan fingerprint density at radius 1 is 1.22 bits per heavy atom. The molecule has 0 aliphatic carbocycles.